The molecule has 0 fully saturated rings. The first kappa shape index (κ1) is 11.1. The van der Waals surface area contributed by atoms with E-state index in [-0.39, 0.29) is 0 Å². The van der Waals surface area contributed by atoms with E-state index in [1.807, 2.05) is 25.1 Å². The van der Waals surface area contributed by atoms with E-state index in [9.17, 15) is 0 Å². The van der Waals surface area contributed by atoms with Crippen LogP contribution in [0.4, 0.5) is 0 Å². The van der Waals surface area contributed by atoms with Crippen LogP contribution in [0.25, 0.3) is 0 Å². The second kappa shape index (κ2) is 5.71. The summed E-state index contributed by atoms with van der Waals surface area (Å²) in [7, 11) is 0. The lowest BCUT2D eigenvalue weighted by molar-refractivity contribution is 0.963. The van der Waals surface area contributed by atoms with Crippen molar-refractivity contribution in [3.05, 3.63) is 34.9 Å². The summed E-state index contributed by atoms with van der Waals surface area (Å²) >= 11 is 0. The number of nitrogens with one attached hydrogen (secondary N) is 1. The van der Waals surface area contributed by atoms with Crippen molar-refractivity contribution in [2.75, 3.05) is 6.54 Å². The van der Waals surface area contributed by atoms with Gasteiger partial charge in [-0.15, -0.1) is 0 Å². The molecule has 0 aliphatic carbocycles. The van der Waals surface area contributed by atoms with Gasteiger partial charge in [0.15, 0.2) is 0 Å². The van der Waals surface area contributed by atoms with Crippen LogP contribution < -0.4 is 0 Å². The number of aliphatic imine (C=N–C) groups is 1. The molecule has 0 amide bonds. The lowest BCUT2D eigenvalue weighted by Crippen LogP contribution is -1.94. The number of benzene rings is 1. The standard InChI is InChI=1S/C12H13N3/c1-10-8-11(9-14)2-3-12(10)4-6-15-7-5-13/h2-3,5,7-8,13H,4,6H2,1H3. The molecule has 0 heterocycles. The van der Waals surface area contributed by atoms with E-state index in [4.69, 9.17) is 10.7 Å². The minimum absolute atomic E-state index is 0.683. The highest BCUT2D eigenvalue weighted by Gasteiger charge is 1.98. The van der Waals surface area contributed by atoms with E-state index in [0.29, 0.717) is 12.1 Å². The van der Waals surface area contributed by atoms with Gasteiger partial charge < -0.3 is 5.41 Å². The van der Waals surface area contributed by atoms with Gasteiger partial charge in [-0.1, -0.05) is 6.07 Å². The second-order valence-electron chi connectivity index (χ2n) is 3.22. The Bertz CT molecular complexity index is 413. The summed E-state index contributed by atoms with van der Waals surface area (Å²) in [5.41, 5.74) is 3.02. The molecule has 0 unspecified atom stereocenters. The summed E-state index contributed by atoms with van der Waals surface area (Å²) in [5, 5.41) is 15.5. The number of hydrogen-bond acceptors (Lipinski definition) is 3. The van der Waals surface area contributed by atoms with Gasteiger partial charge in [-0.2, -0.15) is 5.26 Å². The number of nitriles is 1. The number of aryl methyl sites for hydroxylation is 1. The normalized spacial score (nSPS) is 10.1. The Morgan fingerprint density at radius 1 is 1.53 bits per heavy atom. The van der Waals surface area contributed by atoms with Crippen LogP contribution in [0.15, 0.2) is 23.2 Å². The molecular formula is C12H13N3. The van der Waals surface area contributed by atoms with Gasteiger partial charge in [0.25, 0.3) is 0 Å². The molecule has 0 atom stereocenters. The van der Waals surface area contributed by atoms with Gasteiger partial charge in [0.05, 0.1) is 11.6 Å². The molecule has 1 N–H and O–H groups in total. The van der Waals surface area contributed by atoms with Gasteiger partial charge in [-0.25, -0.2) is 0 Å². The highest BCUT2D eigenvalue weighted by atomic mass is 14.7. The number of hydrogen-bond donors (Lipinski definition) is 1. The third-order valence-corrected chi connectivity index (χ3v) is 2.16. The van der Waals surface area contributed by atoms with Crippen molar-refractivity contribution in [1.29, 1.82) is 10.7 Å². The summed E-state index contributed by atoms with van der Waals surface area (Å²) in [5.74, 6) is 0. The Morgan fingerprint density at radius 2 is 2.33 bits per heavy atom. The average molecular weight is 199 g/mol. The molecule has 3 nitrogen and oxygen atoms in total. The smallest absolute Gasteiger partial charge is 0.0991 e. The minimum Gasteiger partial charge on any atom is -0.307 e. The second-order valence-corrected chi connectivity index (χ2v) is 3.22. The zero-order valence-corrected chi connectivity index (χ0v) is 8.70. The zero-order chi connectivity index (χ0) is 11.1. The SMILES string of the molecule is Cc1cc(C#N)ccc1CCN=CC=N. The van der Waals surface area contributed by atoms with Crippen molar-refractivity contribution in [3.63, 3.8) is 0 Å². The van der Waals surface area contributed by atoms with E-state index < -0.39 is 0 Å². The fourth-order valence-corrected chi connectivity index (χ4v) is 1.36. The molecular weight excluding hydrogens is 186 g/mol. The van der Waals surface area contributed by atoms with Gasteiger partial charge >= 0.3 is 0 Å². The largest absolute Gasteiger partial charge is 0.307 e. The average Bonchev–Trinajstić information content (AvgIpc) is 2.26. The highest BCUT2D eigenvalue weighted by molar-refractivity contribution is 6.14. The summed E-state index contributed by atoms with van der Waals surface area (Å²) < 4.78 is 0. The Labute approximate surface area is 89.6 Å². The van der Waals surface area contributed by atoms with Crippen LogP contribution >= 0.6 is 0 Å². The van der Waals surface area contributed by atoms with Crippen molar-refractivity contribution < 1.29 is 0 Å². The van der Waals surface area contributed by atoms with Crippen molar-refractivity contribution >= 4 is 12.4 Å². The third kappa shape index (κ3) is 3.35. The predicted molar refractivity (Wildman–Crippen MR) is 61.7 cm³/mol. The molecule has 0 spiro atoms. The summed E-state index contributed by atoms with van der Waals surface area (Å²) in [6, 6.07) is 7.78. The molecule has 15 heavy (non-hydrogen) atoms. The summed E-state index contributed by atoms with van der Waals surface area (Å²) in [6.07, 6.45) is 3.51. The summed E-state index contributed by atoms with van der Waals surface area (Å²) in [6.45, 7) is 2.68. The Balaban J connectivity index is 2.67. The maximum Gasteiger partial charge on any atom is 0.0991 e. The predicted octanol–water partition coefficient (Wildman–Crippen LogP) is 2.13. The van der Waals surface area contributed by atoms with Gasteiger partial charge in [0, 0.05) is 19.0 Å². The Kier molecular flexibility index (Phi) is 4.24. The maximum atomic E-state index is 8.70. The third-order valence-electron chi connectivity index (χ3n) is 2.16. The van der Waals surface area contributed by atoms with E-state index in [2.05, 4.69) is 11.1 Å². The van der Waals surface area contributed by atoms with Crippen molar-refractivity contribution in [2.24, 2.45) is 4.99 Å². The van der Waals surface area contributed by atoms with Crippen LogP contribution in [0.5, 0.6) is 0 Å². The first-order chi connectivity index (χ1) is 7.27. The van der Waals surface area contributed by atoms with Crippen LogP contribution in [0.2, 0.25) is 0 Å². The van der Waals surface area contributed by atoms with Crippen LogP contribution in [0.1, 0.15) is 16.7 Å². The first-order valence-corrected chi connectivity index (χ1v) is 4.76. The lowest BCUT2D eigenvalue weighted by Gasteiger charge is -2.03. The van der Waals surface area contributed by atoms with Crippen molar-refractivity contribution in [2.45, 2.75) is 13.3 Å². The molecule has 0 saturated heterocycles. The van der Waals surface area contributed by atoms with Crippen LogP contribution in [0, 0.1) is 23.7 Å². The number of nitrogens with zero attached hydrogens (tertiary/aromatic N) is 2. The van der Waals surface area contributed by atoms with Crippen LogP contribution in [-0.4, -0.2) is 19.0 Å². The van der Waals surface area contributed by atoms with E-state index in [0.717, 1.165) is 12.0 Å². The molecule has 1 aromatic rings. The lowest BCUT2D eigenvalue weighted by atomic mass is 10.0. The maximum absolute atomic E-state index is 8.70. The highest BCUT2D eigenvalue weighted by Crippen LogP contribution is 2.11. The molecule has 76 valence electrons. The zero-order valence-electron chi connectivity index (χ0n) is 8.70. The van der Waals surface area contributed by atoms with Crippen LogP contribution in [0.3, 0.4) is 0 Å². The topological polar surface area (TPSA) is 60.0 Å². The molecule has 0 aliphatic heterocycles. The van der Waals surface area contributed by atoms with Crippen LogP contribution in [-0.2, 0) is 6.42 Å². The first-order valence-electron chi connectivity index (χ1n) is 4.76. The molecule has 0 bridgehead atoms. The molecule has 0 radical (unpaired) electrons. The fourth-order valence-electron chi connectivity index (χ4n) is 1.36. The van der Waals surface area contributed by atoms with Gasteiger partial charge in [0.2, 0.25) is 0 Å². The van der Waals surface area contributed by atoms with Gasteiger partial charge in [-0.3, -0.25) is 4.99 Å². The van der Waals surface area contributed by atoms with Gasteiger partial charge in [-0.05, 0) is 36.6 Å². The monoisotopic (exact) mass is 199 g/mol. The molecule has 0 aromatic heterocycles. The van der Waals surface area contributed by atoms with E-state index in [1.165, 1.54) is 18.0 Å². The Morgan fingerprint density at radius 3 is 2.93 bits per heavy atom. The van der Waals surface area contributed by atoms with E-state index >= 15 is 0 Å². The number of rotatable bonds is 4. The molecule has 1 rings (SSSR count). The molecule has 1 aromatic carbocycles. The summed E-state index contributed by atoms with van der Waals surface area (Å²) in [4.78, 5) is 4.04. The van der Waals surface area contributed by atoms with E-state index in [1.54, 1.807) is 0 Å². The molecule has 0 aliphatic rings. The Hall–Kier alpha value is -1.95. The van der Waals surface area contributed by atoms with Crippen molar-refractivity contribution in [3.8, 4) is 6.07 Å². The molecule has 3 heteroatoms. The van der Waals surface area contributed by atoms with Crippen molar-refractivity contribution in [1.82, 2.24) is 0 Å². The van der Waals surface area contributed by atoms with Gasteiger partial charge in [0.1, 0.15) is 0 Å². The molecule has 0 saturated carbocycles. The quantitative estimate of drug-likeness (QED) is 0.742. The fraction of sp³-hybridized carbons (Fsp3) is 0.250. The minimum atomic E-state index is 0.683.